The molecule has 6 rings (SSSR count). The van der Waals surface area contributed by atoms with Crippen LogP contribution in [0.1, 0.15) is 79.1 Å². The maximum Gasteiger partial charge on any atom is 0.308 e. The number of phenols is 1. The molecule has 0 amide bonds. The molecule has 2 aliphatic rings. The average molecular weight is 782 g/mol. The predicted octanol–water partition coefficient (Wildman–Crippen LogP) is 2.34. The molecule has 0 aromatic heterocycles. The Morgan fingerprint density at radius 2 is 1.61 bits per heavy atom. The van der Waals surface area contributed by atoms with Crippen LogP contribution in [0.5, 0.6) is 17.2 Å². The lowest BCUT2D eigenvalue weighted by Gasteiger charge is -2.41. The van der Waals surface area contributed by atoms with Gasteiger partial charge in [0.15, 0.2) is 17.5 Å². The normalized spacial score (nSPS) is 20.2. The Bertz CT molecular complexity index is 2240. The molecule has 0 unspecified atom stereocenters. The molecular formula is C42H43N3O12. The molecule has 15 nitrogen and oxygen atoms in total. The average Bonchev–Trinajstić information content (AvgIpc) is 3.19. The van der Waals surface area contributed by atoms with E-state index in [2.05, 4.69) is 4.99 Å². The first-order valence-electron chi connectivity index (χ1n) is 18.1. The number of ether oxygens (including phenoxy) is 4. The van der Waals surface area contributed by atoms with Gasteiger partial charge in [-0.25, -0.2) is 0 Å². The molecular weight excluding hydrogens is 738 g/mol. The Morgan fingerprint density at radius 1 is 0.877 bits per heavy atom. The summed E-state index contributed by atoms with van der Waals surface area (Å²) in [6.45, 7) is 1.57. The van der Waals surface area contributed by atoms with Gasteiger partial charge < -0.3 is 55.9 Å². The number of hydrogen-bond donors (Lipinski definition) is 7. The highest BCUT2D eigenvalue weighted by Gasteiger charge is 2.46. The van der Waals surface area contributed by atoms with Crippen molar-refractivity contribution in [2.75, 3.05) is 13.2 Å². The van der Waals surface area contributed by atoms with Crippen LogP contribution in [0.3, 0.4) is 0 Å². The molecule has 1 fully saturated rings. The zero-order valence-electron chi connectivity index (χ0n) is 31.1. The van der Waals surface area contributed by atoms with Crippen molar-refractivity contribution in [3.8, 4) is 17.2 Å². The number of aliphatic imine (C=N–C) groups is 1. The maximum absolute atomic E-state index is 14.8. The second-order valence-corrected chi connectivity index (χ2v) is 13.6. The van der Waals surface area contributed by atoms with Gasteiger partial charge in [0.2, 0.25) is 6.29 Å². The van der Waals surface area contributed by atoms with Gasteiger partial charge in [0.25, 0.3) is 0 Å². The quantitative estimate of drug-likeness (QED) is 0.0226. The van der Waals surface area contributed by atoms with Crippen molar-refractivity contribution >= 4 is 35.6 Å². The van der Waals surface area contributed by atoms with Crippen LogP contribution in [0.25, 0.3) is 12.2 Å². The monoisotopic (exact) mass is 781 g/mol. The molecule has 4 aromatic rings. The van der Waals surface area contributed by atoms with Crippen molar-refractivity contribution in [1.82, 2.24) is 0 Å². The Balaban J connectivity index is 1.53. The molecule has 1 aliphatic heterocycles. The highest BCUT2D eigenvalue weighted by Crippen LogP contribution is 2.45. The highest BCUT2D eigenvalue weighted by atomic mass is 16.7. The third kappa shape index (κ3) is 8.58. The molecule has 4 aromatic carbocycles. The molecule has 5 atom stereocenters. The molecule has 15 heteroatoms. The fourth-order valence-corrected chi connectivity index (χ4v) is 6.93. The summed E-state index contributed by atoms with van der Waals surface area (Å²) in [6.07, 6.45) is -3.55. The van der Waals surface area contributed by atoms with Crippen molar-refractivity contribution in [1.29, 1.82) is 0 Å². The molecule has 0 radical (unpaired) electrons. The standard InChI is InChI=1S/C42H43N3O12/c1-21-35(49)39(53)40(54-14-13-45-42(43)44)41(55-21)57-31-18-29-34(36(50)28(31)16-24-9-6-10-25(15-24)19-46)38(52)32-26(20-47)17-30(56-22(2)48)27(33(32)37(29)51)12-11-23-7-4-3-5-8-23/h3-12,15,17-18,21,35,39-41,46-47,49-50,53H,13-14,16,19-20H2,1-2H3,(H4,43,44,45)/b12-11+/t21-,35+,39+,40+,41+/m0/s1. The lowest BCUT2D eigenvalue weighted by atomic mass is 9.77. The lowest BCUT2D eigenvalue weighted by Crippen LogP contribution is -2.59. The zero-order chi connectivity index (χ0) is 41.0. The van der Waals surface area contributed by atoms with E-state index in [0.717, 1.165) is 5.56 Å². The van der Waals surface area contributed by atoms with Crippen LogP contribution >= 0.6 is 0 Å². The summed E-state index contributed by atoms with van der Waals surface area (Å²) in [6, 6.07) is 18.4. The third-order valence-corrected chi connectivity index (χ3v) is 9.65. The predicted molar refractivity (Wildman–Crippen MR) is 207 cm³/mol. The van der Waals surface area contributed by atoms with E-state index in [0.29, 0.717) is 11.1 Å². The maximum atomic E-state index is 14.8. The SMILES string of the molecule is CC(=O)Oc1cc(CO)c2c(c1/C=C/c1ccccc1)C(=O)c1cc(O[C@H]3O[C@@H](C)[C@@H](O)[C@@H](O)[C@H]3OCCN=C(N)N)c(Cc3cccc(CO)c3)c(O)c1C2=O. The van der Waals surface area contributed by atoms with Crippen LogP contribution in [0.2, 0.25) is 0 Å². The number of hydrogen-bond acceptors (Lipinski definition) is 13. The van der Waals surface area contributed by atoms with Gasteiger partial charge in [0.05, 0.1) is 38.0 Å². The molecule has 0 saturated carbocycles. The summed E-state index contributed by atoms with van der Waals surface area (Å²) in [5.74, 6) is -3.28. The fraction of sp³-hybridized carbons (Fsp3) is 0.286. The van der Waals surface area contributed by atoms with Crippen molar-refractivity contribution < 1.29 is 58.9 Å². The van der Waals surface area contributed by atoms with Gasteiger partial charge in [0.1, 0.15) is 35.6 Å². The number of rotatable bonds is 13. The minimum atomic E-state index is -1.53. The summed E-state index contributed by atoms with van der Waals surface area (Å²) >= 11 is 0. The Labute approximate surface area is 327 Å². The van der Waals surface area contributed by atoms with Crippen LogP contribution in [0, 0.1) is 0 Å². The molecule has 9 N–H and O–H groups in total. The first-order chi connectivity index (χ1) is 27.3. The van der Waals surface area contributed by atoms with Crippen molar-refractivity contribution in [3.05, 3.63) is 122 Å². The summed E-state index contributed by atoms with van der Waals surface area (Å²) in [7, 11) is 0. The number of carbonyl (C=O) groups excluding carboxylic acids is 3. The number of aliphatic hydroxyl groups is 4. The molecule has 57 heavy (non-hydrogen) atoms. The van der Waals surface area contributed by atoms with Crippen molar-refractivity contribution in [3.63, 3.8) is 0 Å². The van der Waals surface area contributed by atoms with Gasteiger partial charge in [-0.3, -0.25) is 19.4 Å². The van der Waals surface area contributed by atoms with E-state index in [9.17, 15) is 39.9 Å². The van der Waals surface area contributed by atoms with Crippen LogP contribution in [0.4, 0.5) is 0 Å². The van der Waals surface area contributed by atoms with Crippen LogP contribution in [-0.2, 0) is 33.9 Å². The summed E-state index contributed by atoms with van der Waals surface area (Å²) in [5, 5.41) is 54.2. The van der Waals surface area contributed by atoms with E-state index >= 15 is 0 Å². The van der Waals surface area contributed by atoms with E-state index in [1.165, 1.54) is 32.1 Å². The van der Waals surface area contributed by atoms with Gasteiger partial charge in [-0.05, 0) is 47.4 Å². The Kier molecular flexibility index (Phi) is 12.5. The number of nitrogens with two attached hydrogens (primary N) is 2. The zero-order valence-corrected chi connectivity index (χ0v) is 31.1. The first-order valence-corrected chi connectivity index (χ1v) is 18.1. The van der Waals surface area contributed by atoms with E-state index in [1.807, 2.05) is 6.07 Å². The van der Waals surface area contributed by atoms with Gasteiger partial charge in [-0.15, -0.1) is 0 Å². The number of phenolic OH excluding ortho intramolecular Hbond substituents is 1. The summed E-state index contributed by atoms with van der Waals surface area (Å²) in [4.78, 5) is 45.6. The molecule has 1 saturated heterocycles. The first kappa shape index (κ1) is 40.7. The number of nitrogens with zero attached hydrogens (tertiary/aromatic N) is 1. The topological polar surface area (TPSA) is 254 Å². The fourth-order valence-electron chi connectivity index (χ4n) is 6.93. The van der Waals surface area contributed by atoms with Gasteiger partial charge in [-0.2, -0.15) is 0 Å². The lowest BCUT2D eigenvalue weighted by molar-refractivity contribution is -0.278. The number of esters is 1. The minimum absolute atomic E-state index is 0.00175. The molecule has 1 aliphatic carbocycles. The number of aromatic hydroxyl groups is 1. The van der Waals surface area contributed by atoms with Gasteiger partial charge >= 0.3 is 5.97 Å². The van der Waals surface area contributed by atoms with Crippen LogP contribution in [-0.4, -0.2) is 92.9 Å². The third-order valence-electron chi connectivity index (χ3n) is 9.65. The second kappa shape index (κ2) is 17.5. The Hall–Kier alpha value is -5.94. The molecule has 1 heterocycles. The minimum Gasteiger partial charge on any atom is -0.507 e. The number of benzene rings is 4. The van der Waals surface area contributed by atoms with E-state index in [-0.39, 0.29) is 82.6 Å². The number of fused-ring (bicyclic) bond motifs is 2. The van der Waals surface area contributed by atoms with Crippen LogP contribution in [0.15, 0.2) is 71.7 Å². The summed E-state index contributed by atoms with van der Waals surface area (Å²) in [5.41, 5.74) is 11.8. The van der Waals surface area contributed by atoms with Gasteiger partial charge in [-0.1, -0.05) is 60.7 Å². The van der Waals surface area contributed by atoms with Crippen molar-refractivity contribution in [2.45, 2.75) is 64.2 Å². The molecule has 0 bridgehead atoms. The molecule has 298 valence electrons. The molecule has 0 spiro atoms. The largest absolute Gasteiger partial charge is 0.507 e. The smallest absolute Gasteiger partial charge is 0.308 e. The number of guanidine groups is 1. The van der Waals surface area contributed by atoms with Crippen molar-refractivity contribution in [2.24, 2.45) is 16.5 Å². The van der Waals surface area contributed by atoms with E-state index in [4.69, 9.17) is 30.4 Å². The van der Waals surface area contributed by atoms with Crippen LogP contribution < -0.4 is 20.9 Å². The summed E-state index contributed by atoms with van der Waals surface area (Å²) < 4.78 is 23.7. The van der Waals surface area contributed by atoms with Gasteiger partial charge in [0, 0.05) is 41.2 Å². The second-order valence-electron chi connectivity index (χ2n) is 13.6. The number of ketones is 2. The highest BCUT2D eigenvalue weighted by molar-refractivity contribution is 6.31. The number of carbonyl (C=O) groups is 3. The number of aliphatic hydroxyl groups excluding tert-OH is 4. The van der Waals surface area contributed by atoms with E-state index < -0.39 is 60.6 Å². The van der Waals surface area contributed by atoms with E-state index in [1.54, 1.807) is 54.6 Å². The Morgan fingerprint density at radius 3 is 2.30 bits per heavy atom.